The van der Waals surface area contributed by atoms with Gasteiger partial charge in [0.05, 0.1) is 0 Å². The highest BCUT2D eigenvalue weighted by Gasteiger charge is 2.27. The molecular formula is C18H28FN3. The van der Waals surface area contributed by atoms with E-state index in [1.165, 1.54) is 38.9 Å². The molecule has 122 valence electrons. The highest BCUT2D eigenvalue weighted by molar-refractivity contribution is 5.46. The maximum Gasteiger partial charge on any atom is 0.123 e. The van der Waals surface area contributed by atoms with Gasteiger partial charge in [-0.2, -0.15) is 0 Å². The van der Waals surface area contributed by atoms with Crippen molar-refractivity contribution in [1.29, 1.82) is 0 Å². The molecule has 2 aliphatic heterocycles. The van der Waals surface area contributed by atoms with E-state index in [2.05, 4.69) is 21.6 Å². The summed E-state index contributed by atoms with van der Waals surface area (Å²) in [5.41, 5.74) is 1.15. The summed E-state index contributed by atoms with van der Waals surface area (Å²) in [6, 6.07) is 7.65. The first-order chi connectivity index (χ1) is 10.8. The van der Waals surface area contributed by atoms with E-state index in [4.69, 9.17) is 0 Å². The molecule has 0 amide bonds. The van der Waals surface area contributed by atoms with E-state index in [0.717, 1.165) is 37.9 Å². The smallest absolute Gasteiger partial charge is 0.123 e. The minimum absolute atomic E-state index is 0.152. The van der Waals surface area contributed by atoms with Crippen molar-refractivity contribution in [3.05, 3.63) is 30.1 Å². The zero-order valence-electron chi connectivity index (χ0n) is 13.7. The average molecular weight is 305 g/mol. The van der Waals surface area contributed by atoms with Crippen LogP contribution in [0.3, 0.4) is 0 Å². The Kier molecular flexibility index (Phi) is 5.32. The zero-order chi connectivity index (χ0) is 15.4. The van der Waals surface area contributed by atoms with Crippen molar-refractivity contribution in [3.8, 4) is 0 Å². The van der Waals surface area contributed by atoms with Gasteiger partial charge in [0.25, 0.3) is 0 Å². The van der Waals surface area contributed by atoms with E-state index < -0.39 is 0 Å². The van der Waals surface area contributed by atoms with Gasteiger partial charge in [-0.05, 0) is 56.6 Å². The fourth-order valence-corrected chi connectivity index (χ4v) is 3.85. The number of piperazine rings is 1. The molecule has 2 fully saturated rings. The predicted molar refractivity (Wildman–Crippen MR) is 89.9 cm³/mol. The average Bonchev–Trinajstić information content (AvgIpc) is 2.56. The van der Waals surface area contributed by atoms with E-state index >= 15 is 0 Å². The van der Waals surface area contributed by atoms with E-state index in [9.17, 15) is 4.39 Å². The molecule has 4 heteroatoms. The topological polar surface area (TPSA) is 9.72 Å². The van der Waals surface area contributed by atoms with E-state index in [0.29, 0.717) is 0 Å². The second kappa shape index (κ2) is 7.42. The summed E-state index contributed by atoms with van der Waals surface area (Å²) in [5.74, 6) is -0.152. The first kappa shape index (κ1) is 15.8. The van der Waals surface area contributed by atoms with Crippen molar-refractivity contribution in [3.63, 3.8) is 0 Å². The molecular weight excluding hydrogens is 277 g/mol. The molecule has 2 heterocycles. The lowest BCUT2D eigenvalue weighted by atomic mass is 10.0. The fraction of sp³-hybridized carbons (Fsp3) is 0.667. The first-order valence-corrected chi connectivity index (χ1v) is 8.73. The van der Waals surface area contributed by atoms with Crippen LogP contribution in [0.4, 0.5) is 10.1 Å². The molecule has 2 aliphatic rings. The quantitative estimate of drug-likeness (QED) is 0.847. The third-order valence-electron chi connectivity index (χ3n) is 5.04. The standard InChI is InChI=1S/C18H28FN3/c1-2-9-20-10-3-4-18(15-20)22-13-11-21(12-14-22)17-7-5-16(19)6-8-17/h5-8,18H,2-4,9-15H2,1H3/t18-/m0/s1. The van der Waals surface area contributed by atoms with Crippen LogP contribution in [0.2, 0.25) is 0 Å². The van der Waals surface area contributed by atoms with E-state index in [-0.39, 0.29) is 5.82 Å². The number of nitrogens with zero attached hydrogens (tertiary/aromatic N) is 3. The monoisotopic (exact) mass is 305 g/mol. The largest absolute Gasteiger partial charge is 0.369 e. The van der Waals surface area contributed by atoms with Crippen LogP contribution in [0.1, 0.15) is 26.2 Å². The number of anilines is 1. The molecule has 1 atom stereocenters. The second-order valence-electron chi connectivity index (χ2n) is 6.60. The number of hydrogen-bond acceptors (Lipinski definition) is 3. The fourth-order valence-electron chi connectivity index (χ4n) is 3.85. The SMILES string of the molecule is CCCN1CCC[C@H](N2CCN(c3ccc(F)cc3)CC2)C1. The Labute approximate surface area is 133 Å². The second-order valence-corrected chi connectivity index (χ2v) is 6.60. The van der Waals surface area contributed by atoms with Crippen LogP contribution in [-0.4, -0.2) is 61.7 Å². The van der Waals surface area contributed by atoms with Crippen molar-refractivity contribution >= 4 is 5.69 Å². The van der Waals surface area contributed by atoms with Gasteiger partial charge in [-0.1, -0.05) is 6.92 Å². The third-order valence-corrected chi connectivity index (χ3v) is 5.04. The van der Waals surface area contributed by atoms with Crippen molar-refractivity contribution in [2.24, 2.45) is 0 Å². The number of halogens is 1. The maximum atomic E-state index is 13.0. The minimum Gasteiger partial charge on any atom is -0.369 e. The van der Waals surface area contributed by atoms with Gasteiger partial charge in [-0.3, -0.25) is 4.90 Å². The van der Waals surface area contributed by atoms with Crippen LogP contribution in [0.15, 0.2) is 24.3 Å². The number of hydrogen-bond donors (Lipinski definition) is 0. The van der Waals surface area contributed by atoms with Crippen LogP contribution >= 0.6 is 0 Å². The molecule has 0 N–H and O–H groups in total. The van der Waals surface area contributed by atoms with Crippen LogP contribution in [0.5, 0.6) is 0 Å². The molecule has 2 saturated heterocycles. The summed E-state index contributed by atoms with van der Waals surface area (Å²) < 4.78 is 13.0. The van der Waals surface area contributed by atoms with E-state index in [1.54, 1.807) is 12.1 Å². The molecule has 1 aromatic carbocycles. The Bertz CT molecular complexity index is 452. The molecule has 0 spiro atoms. The minimum atomic E-state index is -0.152. The number of rotatable bonds is 4. The summed E-state index contributed by atoms with van der Waals surface area (Å²) in [7, 11) is 0. The predicted octanol–water partition coefficient (Wildman–Crippen LogP) is 2.82. The molecule has 1 aromatic rings. The lowest BCUT2D eigenvalue weighted by molar-refractivity contribution is 0.0927. The van der Waals surface area contributed by atoms with Gasteiger partial charge in [-0.15, -0.1) is 0 Å². The summed E-state index contributed by atoms with van der Waals surface area (Å²) >= 11 is 0. The zero-order valence-corrected chi connectivity index (χ0v) is 13.7. The highest BCUT2D eigenvalue weighted by Crippen LogP contribution is 2.21. The van der Waals surface area contributed by atoms with Gasteiger partial charge in [-0.25, -0.2) is 4.39 Å². The summed E-state index contributed by atoms with van der Waals surface area (Å²) in [6.07, 6.45) is 3.94. The van der Waals surface area contributed by atoms with Crippen molar-refractivity contribution in [2.45, 2.75) is 32.2 Å². The first-order valence-electron chi connectivity index (χ1n) is 8.73. The molecule has 22 heavy (non-hydrogen) atoms. The van der Waals surface area contributed by atoms with Gasteiger partial charge in [0, 0.05) is 44.5 Å². The number of likely N-dealkylation sites (tertiary alicyclic amines) is 1. The van der Waals surface area contributed by atoms with Gasteiger partial charge in [0.1, 0.15) is 5.82 Å². The summed E-state index contributed by atoms with van der Waals surface area (Å²) in [5, 5.41) is 0. The van der Waals surface area contributed by atoms with Crippen LogP contribution in [-0.2, 0) is 0 Å². The summed E-state index contributed by atoms with van der Waals surface area (Å²) in [6.45, 7) is 10.4. The molecule has 0 bridgehead atoms. The molecule has 0 aromatic heterocycles. The molecule has 0 aliphatic carbocycles. The van der Waals surface area contributed by atoms with Crippen molar-refractivity contribution in [2.75, 3.05) is 50.7 Å². The molecule has 0 radical (unpaired) electrons. The number of benzene rings is 1. The van der Waals surface area contributed by atoms with Crippen molar-refractivity contribution in [1.82, 2.24) is 9.80 Å². The van der Waals surface area contributed by atoms with E-state index in [1.807, 2.05) is 12.1 Å². The van der Waals surface area contributed by atoms with Gasteiger partial charge in [0.2, 0.25) is 0 Å². The Balaban J connectivity index is 1.52. The van der Waals surface area contributed by atoms with Crippen LogP contribution < -0.4 is 4.90 Å². The van der Waals surface area contributed by atoms with Crippen molar-refractivity contribution < 1.29 is 4.39 Å². The molecule has 0 unspecified atom stereocenters. The highest BCUT2D eigenvalue weighted by atomic mass is 19.1. The lowest BCUT2D eigenvalue weighted by Crippen LogP contribution is -2.55. The van der Waals surface area contributed by atoms with Crippen LogP contribution in [0.25, 0.3) is 0 Å². The van der Waals surface area contributed by atoms with Gasteiger partial charge in [0.15, 0.2) is 0 Å². The third kappa shape index (κ3) is 3.79. The van der Waals surface area contributed by atoms with Crippen LogP contribution in [0, 0.1) is 5.82 Å². The Morgan fingerprint density at radius 3 is 2.45 bits per heavy atom. The van der Waals surface area contributed by atoms with Gasteiger partial charge < -0.3 is 9.80 Å². The summed E-state index contributed by atoms with van der Waals surface area (Å²) in [4.78, 5) is 7.67. The Hall–Kier alpha value is -1.13. The molecule has 3 rings (SSSR count). The number of piperidine rings is 1. The maximum absolute atomic E-state index is 13.0. The Morgan fingerprint density at radius 1 is 1.05 bits per heavy atom. The Morgan fingerprint density at radius 2 is 1.77 bits per heavy atom. The van der Waals surface area contributed by atoms with Gasteiger partial charge >= 0.3 is 0 Å². The molecule has 0 saturated carbocycles. The normalized spacial score (nSPS) is 24.6. The molecule has 3 nitrogen and oxygen atoms in total. The lowest BCUT2D eigenvalue weighted by Gasteiger charge is -2.44.